The van der Waals surface area contributed by atoms with E-state index in [4.69, 9.17) is 16.6 Å². The summed E-state index contributed by atoms with van der Waals surface area (Å²) in [5, 5.41) is 2.62. The lowest BCUT2D eigenvalue weighted by Gasteiger charge is -2.07. The Balaban J connectivity index is 2.32. The zero-order chi connectivity index (χ0) is 10.4. The lowest BCUT2D eigenvalue weighted by Crippen LogP contribution is -2.39. The first-order valence-electron chi connectivity index (χ1n) is 4.23. The molecule has 1 rings (SSSR count). The molecule has 0 aromatic carbocycles. The minimum Gasteiger partial charge on any atom is -0.467 e. The molecule has 1 aromatic heterocycles. The molecule has 1 unspecified atom stereocenters. The van der Waals surface area contributed by atoms with Gasteiger partial charge in [0.25, 0.3) is 0 Å². The minimum atomic E-state index is -0.644. The van der Waals surface area contributed by atoms with Crippen LogP contribution in [0, 0.1) is 12.3 Å². The van der Waals surface area contributed by atoms with Gasteiger partial charge in [0.2, 0.25) is 5.91 Å². The van der Waals surface area contributed by atoms with Crippen molar-refractivity contribution in [2.75, 3.05) is 0 Å². The van der Waals surface area contributed by atoms with Crippen LogP contribution >= 0.6 is 0 Å². The lowest BCUT2D eigenvalue weighted by atomic mass is 10.2. The summed E-state index contributed by atoms with van der Waals surface area (Å²) < 4.78 is 5.03. The van der Waals surface area contributed by atoms with Gasteiger partial charge in [-0.05, 0) is 12.1 Å². The number of hydrogen-bond donors (Lipinski definition) is 2. The van der Waals surface area contributed by atoms with Gasteiger partial charge >= 0.3 is 0 Å². The maximum absolute atomic E-state index is 11.3. The summed E-state index contributed by atoms with van der Waals surface area (Å²) in [6, 6.07) is 2.88. The predicted molar refractivity (Wildman–Crippen MR) is 52.0 cm³/mol. The molecular formula is C10H12N2O2. The van der Waals surface area contributed by atoms with Gasteiger partial charge in [-0.2, -0.15) is 0 Å². The summed E-state index contributed by atoms with van der Waals surface area (Å²) in [6.45, 7) is 0.337. The SMILES string of the molecule is C#CCC(N)C(=O)NCc1ccco1. The van der Waals surface area contributed by atoms with Crippen molar-refractivity contribution < 1.29 is 9.21 Å². The van der Waals surface area contributed by atoms with Gasteiger partial charge in [0.05, 0.1) is 18.8 Å². The second kappa shape index (κ2) is 5.10. The predicted octanol–water partition coefficient (Wildman–Crippen LogP) is 0.246. The van der Waals surface area contributed by atoms with E-state index in [-0.39, 0.29) is 12.3 Å². The Bertz CT molecular complexity index is 324. The molecule has 0 saturated heterocycles. The molecule has 4 heteroatoms. The Labute approximate surface area is 82.5 Å². The maximum Gasteiger partial charge on any atom is 0.238 e. The van der Waals surface area contributed by atoms with Gasteiger partial charge in [-0.1, -0.05) is 0 Å². The highest BCUT2D eigenvalue weighted by molar-refractivity contribution is 5.81. The molecule has 0 aliphatic rings. The van der Waals surface area contributed by atoms with Gasteiger partial charge in [0, 0.05) is 6.42 Å². The van der Waals surface area contributed by atoms with E-state index in [1.807, 2.05) is 0 Å². The highest BCUT2D eigenvalue weighted by atomic mass is 16.3. The average molecular weight is 192 g/mol. The quantitative estimate of drug-likeness (QED) is 0.672. The number of terminal acetylenes is 1. The first-order chi connectivity index (χ1) is 6.74. The van der Waals surface area contributed by atoms with Crippen LogP contribution in [-0.4, -0.2) is 11.9 Å². The Kier molecular flexibility index (Phi) is 3.77. The molecule has 0 saturated carbocycles. The van der Waals surface area contributed by atoms with Gasteiger partial charge in [0.15, 0.2) is 0 Å². The fourth-order valence-corrected chi connectivity index (χ4v) is 0.938. The molecule has 3 N–H and O–H groups in total. The van der Waals surface area contributed by atoms with E-state index >= 15 is 0 Å². The van der Waals surface area contributed by atoms with Gasteiger partial charge in [-0.3, -0.25) is 4.79 Å². The molecule has 0 fully saturated rings. The van der Waals surface area contributed by atoms with Crippen molar-refractivity contribution in [1.29, 1.82) is 0 Å². The third kappa shape index (κ3) is 2.96. The van der Waals surface area contributed by atoms with E-state index < -0.39 is 6.04 Å². The molecule has 74 valence electrons. The Morgan fingerprint density at radius 3 is 3.14 bits per heavy atom. The standard InChI is InChI=1S/C10H12N2O2/c1-2-4-9(11)10(13)12-7-8-5-3-6-14-8/h1,3,5-6,9H,4,7,11H2,(H,12,13). The second-order valence-electron chi connectivity index (χ2n) is 2.81. The molecule has 0 spiro atoms. The molecule has 14 heavy (non-hydrogen) atoms. The molecule has 1 aromatic rings. The van der Waals surface area contributed by atoms with Crippen molar-refractivity contribution in [2.24, 2.45) is 5.73 Å². The minimum absolute atomic E-state index is 0.240. The number of nitrogens with one attached hydrogen (secondary N) is 1. The summed E-state index contributed by atoms with van der Waals surface area (Å²) in [4.78, 5) is 11.3. The number of amides is 1. The number of hydrogen-bond acceptors (Lipinski definition) is 3. The topological polar surface area (TPSA) is 68.3 Å². The summed E-state index contributed by atoms with van der Waals surface area (Å²) in [6.07, 6.45) is 6.81. The van der Waals surface area contributed by atoms with E-state index in [1.54, 1.807) is 18.4 Å². The highest BCUT2D eigenvalue weighted by Crippen LogP contribution is 1.98. The first-order valence-corrected chi connectivity index (χ1v) is 4.23. The maximum atomic E-state index is 11.3. The molecule has 1 heterocycles. The molecule has 0 bridgehead atoms. The molecule has 0 aliphatic heterocycles. The zero-order valence-corrected chi connectivity index (χ0v) is 7.69. The number of nitrogens with two attached hydrogens (primary N) is 1. The molecule has 0 radical (unpaired) electrons. The second-order valence-corrected chi connectivity index (χ2v) is 2.81. The van der Waals surface area contributed by atoms with Gasteiger partial charge < -0.3 is 15.5 Å². The van der Waals surface area contributed by atoms with E-state index in [9.17, 15) is 4.79 Å². The fourth-order valence-electron chi connectivity index (χ4n) is 0.938. The fraction of sp³-hybridized carbons (Fsp3) is 0.300. The normalized spacial score (nSPS) is 11.7. The van der Waals surface area contributed by atoms with E-state index in [0.29, 0.717) is 12.3 Å². The van der Waals surface area contributed by atoms with E-state index in [1.165, 1.54) is 0 Å². The van der Waals surface area contributed by atoms with Crippen molar-refractivity contribution in [3.05, 3.63) is 24.2 Å². The molecule has 4 nitrogen and oxygen atoms in total. The van der Waals surface area contributed by atoms with Gasteiger partial charge in [-0.25, -0.2) is 0 Å². The van der Waals surface area contributed by atoms with Crippen LogP contribution in [0.2, 0.25) is 0 Å². The van der Waals surface area contributed by atoms with E-state index in [0.717, 1.165) is 0 Å². The van der Waals surface area contributed by atoms with Crippen molar-refractivity contribution in [1.82, 2.24) is 5.32 Å². The monoisotopic (exact) mass is 192 g/mol. The highest BCUT2D eigenvalue weighted by Gasteiger charge is 2.11. The summed E-state index contributed by atoms with van der Waals surface area (Å²) >= 11 is 0. The van der Waals surface area contributed by atoms with Crippen LogP contribution in [0.5, 0.6) is 0 Å². The zero-order valence-electron chi connectivity index (χ0n) is 7.69. The van der Waals surface area contributed by atoms with Crippen LogP contribution in [0.3, 0.4) is 0 Å². The molecular weight excluding hydrogens is 180 g/mol. The number of rotatable bonds is 4. The van der Waals surface area contributed by atoms with Crippen LogP contribution in [-0.2, 0) is 11.3 Å². The summed E-state index contributed by atoms with van der Waals surface area (Å²) in [5.74, 6) is 2.75. The molecule has 1 amide bonds. The summed E-state index contributed by atoms with van der Waals surface area (Å²) in [7, 11) is 0. The molecule has 1 atom stereocenters. The number of carbonyl (C=O) groups excluding carboxylic acids is 1. The lowest BCUT2D eigenvalue weighted by molar-refractivity contribution is -0.122. The Morgan fingerprint density at radius 2 is 2.57 bits per heavy atom. The Morgan fingerprint density at radius 1 is 1.79 bits per heavy atom. The average Bonchev–Trinajstić information content (AvgIpc) is 2.67. The van der Waals surface area contributed by atoms with Crippen molar-refractivity contribution >= 4 is 5.91 Å². The molecule has 0 aliphatic carbocycles. The smallest absolute Gasteiger partial charge is 0.238 e. The van der Waals surface area contributed by atoms with E-state index in [2.05, 4.69) is 11.2 Å². The largest absolute Gasteiger partial charge is 0.467 e. The third-order valence-electron chi connectivity index (χ3n) is 1.69. The van der Waals surface area contributed by atoms with Crippen molar-refractivity contribution in [3.63, 3.8) is 0 Å². The first kappa shape index (κ1) is 10.4. The Hall–Kier alpha value is -1.73. The van der Waals surface area contributed by atoms with Crippen LogP contribution < -0.4 is 11.1 Å². The van der Waals surface area contributed by atoms with Crippen LogP contribution in [0.4, 0.5) is 0 Å². The summed E-state index contributed by atoms with van der Waals surface area (Å²) in [5.41, 5.74) is 5.48. The van der Waals surface area contributed by atoms with Gasteiger partial charge in [0.1, 0.15) is 5.76 Å². The van der Waals surface area contributed by atoms with Crippen LogP contribution in [0.25, 0.3) is 0 Å². The van der Waals surface area contributed by atoms with Crippen molar-refractivity contribution in [3.8, 4) is 12.3 Å². The van der Waals surface area contributed by atoms with Crippen molar-refractivity contribution in [2.45, 2.75) is 19.0 Å². The number of furan rings is 1. The van der Waals surface area contributed by atoms with Crippen LogP contribution in [0.15, 0.2) is 22.8 Å². The third-order valence-corrected chi connectivity index (χ3v) is 1.69. The van der Waals surface area contributed by atoms with Crippen LogP contribution in [0.1, 0.15) is 12.2 Å². The van der Waals surface area contributed by atoms with Gasteiger partial charge in [-0.15, -0.1) is 12.3 Å². The number of carbonyl (C=O) groups is 1.